The molecule has 1 aliphatic rings. The van der Waals surface area contributed by atoms with E-state index >= 15 is 0 Å². The van der Waals surface area contributed by atoms with E-state index in [1.165, 1.54) is 24.8 Å². The fourth-order valence-electron chi connectivity index (χ4n) is 3.23. The third-order valence-electron chi connectivity index (χ3n) is 4.13. The minimum Gasteiger partial charge on any atom is -0.409 e. The van der Waals surface area contributed by atoms with Crippen LogP contribution < -0.4 is 11.1 Å². The number of nitrogens with one attached hydrogen (secondary N) is 1. The Morgan fingerprint density at radius 1 is 1.20 bits per heavy atom. The van der Waals surface area contributed by atoms with E-state index in [2.05, 4.69) is 24.3 Å². The average Bonchev–Trinajstić information content (AvgIpc) is 2.44. The lowest BCUT2D eigenvalue weighted by Crippen LogP contribution is -2.35. The molecule has 4 heteroatoms. The third-order valence-corrected chi connectivity index (χ3v) is 4.13. The third kappa shape index (κ3) is 3.97. The first-order valence-corrected chi connectivity index (χ1v) is 7.38. The Morgan fingerprint density at radius 2 is 1.80 bits per heavy atom. The zero-order valence-electron chi connectivity index (χ0n) is 12.3. The molecular formula is C16H25N3O. The molecule has 0 amide bonds. The second-order valence-corrected chi connectivity index (χ2v) is 6.18. The van der Waals surface area contributed by atoms with Crippen molar-refractivity contribution in [1.82, 2.24) is 5.32 Å². The maximum absolute atomic E-state index is 8.63. The first-order valence-electron chi connectivity index (χ1n) is 7.38. The molecule has 1 saturated carbocycles. The zero-order valence-corrected chi connectivity index (χ0v) is 12.3. The molecule has 1 fully saturated rings. The van der Waals surface area contributed by atoms with E-state index in [1.54, 1.807) is 0 Å². The molecule has 2 unspecified atom stereocenters. The lowest BCUT2D eigenvalue weighted by atomic mass is 9.80. The molecule has 110 valence electrons. The number of nitrogens with two attached hydrogens (primary N) is 1. The second kappa shape index (κ2) is 6.75. The molecule has 0 aromatic heterocycles. The van der Waals surface area contributed by atoms with Gasteiger partial charge in [-0.25, -0.2) is 0 Å². The van der Waals surface area contributed by atoms with E-state index in [9.17, 15) is 0 Å². The highest BCUT2D eigenvalue weighted by Gasteiger charge is 2.23. The number of benzene rings is 1. The quantitative estimate of drug-likeness (QED) is 0.342. The van der Waals surface area contributed by atoms with Gasteiger partial charge in [0.15, 0.2) is 5.84 Å². The summed E-state index contributed by atoms with van der Waals surface area (Å²) in [7, 11) is 0. The van der Waals surface area contributed by atoms with Gasteiger partial charge in [0.2, 0.25) is 0 Å². The topological polar surface area (TPSA) is 70.6 Å². The molecule has 2 rings (SSSR count). The number of nitrogens with zero attached hydrogens (tertiary/aromatic N) is 1. The monoisotopic (exact) mass is 275 g/mol. The zero-order chi connectivity index (χ0) is 14.5. The van der Waals surface area contributed by atoms with Gasteiger partial charge < -0.3 is 16.3 Å². The van der Waals surface area contributed by atoms with Crippen LogP contribution in [0.5, 0.6) is 0 Å². The Kier molecular flexibility index (Phi) is 5.01. The molecule has 0 bridgehead atoms. The van der Waals surface area contributed by atoms with Gasteiger partial charge in [-0.1, -0.05) is 43.3 Å². The van der Waals surface area contributed by atoms with Crippen LogP contribution in [0.15, 0.2) is 29.4 Å². The molecule has 1 aromatic rings. The minimum absolute atomic E-state index is 0.152. The molecular weight excluding hydrogens is 250 g/mol. The summed E-state index contributed by atoms with van der Waals surface area (Å²) in [6.45, 7) is 5.56. The number of oxime groups is 1. The summed E-state index contributed by atoms with van der Waals surface area (Å²) < 4.78 is 0. The largest absolute Gasteiger partial charge is 0.409 e. The van der Waals surface area contributed by atoms with Crippen LogP contribution in [0.4, 0.5) is 0 Å². The van der Waals surface area contributed by atoms with Crippen molar-refractivity contribution in [2.45, 2.75) is 45.7 Å². The standard InChI is InChI=1S/C16H25N3O/c1-11-7-12(2)9-15(8-11)18-10-13-3-5-14(6-4-13)16(17)19-20/h3-6,11-12,15,18,20H,7-10H2,1-2H3,(H2,17,19). The van der Waals surface area contributed by atoms with Crippen LogP contribution in [-0.4, -0.2) is 17.1 Å². The van der Waals surface area contributed by atoms with Crippen LogP contribution in [-0.2, 0) is 6.54 Å². The number of hydrogen-bond acceptors (Lipinski definition) is 3. The molecule has 20 heavy (non-hydrogen) atoms. The van der Waals surface area contributed by atoms with Gasteiger partial charge in [0.1, 0.15) is 0 Å². The Balaban J connectivity index is 1.88. The van der Waals surface area contributed by atoms with Crippen molar-refractivity contribution in [3.8, 4) is 0 Å². The molecule has 1 aliphatic carbocycles. The van der Waals surface area contributed by atoms with Gasteiger partial charge in [0.05, 0.1) is 0 Å². The molecule has 0 spiro atoms. The van der Waals surface area contributed by atoms with Crippen LogP contribution in [0.2, 0.25) is 0 Å². The molecule has 0 heterocycles. The highest BCUT2D eigenvalue weighted by atomic mass is 16.4. The van der Waals surface area contributed by atoms with Gasteiger partial charge >= 0.3 is 0 Å². The van der Waals surface area contributed by atoms with Gasteiger partial charge in [0, 0.05) is 18.2 Å². The molecule has 0 radical (unpaired) electrons. The fraction of sp³-hybridized carbons (Fsp3) is 0.562. The van der Waals surface area contributed by atoms with Crippen molar-refractivity contribution in [2.75, 3.05) is 0 Å². The van der Waals surface area contributed by atoms with E-state index in [4.69, 9.17) is 10.9 Å². The van der Waals surface area contributed by atoms with Crippen molar-refractivity contribution in [1.29, 1.82) is 0 Å². The predicted octanol–water partition coefficient (Wildman–Crippen LogP) is 2.70. The van der Waals surface area contributed by atoms with E-state index in [1.807, 2.05) is 24.3 Å². The Labute approximate surface area is 121 Å². The first kappa shape index (κ1) is 14.9. The first-order chi connectivity index (χ1) is 9.58. The lowest BCUT2D eigenvalue weighted by Gasteiger charge is -2.32. The van der Waals surface area contributed by atoms with Crippen molar-refractivity contribution in [3.63, 3.8) is 0 Å². The van der Waals surface area contributed by atoms with Crippen LogP contribution in [0.3, 0.4) is 0 Å². The highest BCUT2D eigenvalue weighted by Crippen LogP contribution is 2.28. The molecule has 4 nitrogen and oxygen atoms in total. The molecule has 0 saturated heterocycles. The summed E-state index contributed by atoms with van der Waals surface area (Å²) in [5.74, 6) is 1.79. The number of rotatable bonds is 4. The van der Waals surface area contributed by atoms with E-state index in [0.29, 0.717) is 6.04 Å². The van der Waals surface area contributed by atoms with E-state index in [0.717, 1.165) is 23.9 Å². The van der Waals surface area contributed by atoms with Gasteiger partial charge in [-0.2, -0.15) is 0 Å². The van der Waals surface area contributed by atoms with Gasteiger partial charge in [0.25, 0.3) is 0 Å². The highest BCUT2D eigenvalue weighted by molar-refractivity contribution is 5.96. The SMILES string of the molecule is CC1CC(C)CC(NCc2ccc(C(N)=NO)cc2)C1. The summed E-state index contributed by atoms with van der Waals surface area (Å²) in [5.41, 5.74) is 7.52. The summed E-state index contributed by atoms with van der Waals surface area (Å²) in [6, 6.07) is 8.44. The average molecular weight is 275 g/mol. The molecule has 1 aromatic carbocycles. The van der Waals surface area contributed by atoms with Crippen LogP contribution in [0, 0.1) is 11.8 Å². The van der Waals surface area contributed by atoms with Crippen molar-refractivity contribution < 1.29 is 5.21 Å². The van der Waals surface area contributed by atoms with Crippen molar-refractivity contribution in [3.05, 3.63) is 35.4 Å². The lowest BCUT2D eigenvalue weighted by molar-refractivity contribution is 0.238. The second-order valence-electron chi connectivity index (χ2n) is 6.18. The van der Waals surface area contributed by atoms with E-state index in [-0.39, 0.29) is 5.84 Å². The number of hydrogen-bond donors (Lipinski definition) is 3. The number of amidine groups is 1. The van der Waals surface area contributed by atoms with E-state index < -0.39 is 0 Å². The van der Waals surface area contributed by atoms with Crippen LogP contribution in [0.25, 0.3) is 0 Å². The van der Waals surface area contributed by atoms with Gasteiger partial charge in [-0.15, -0.1) is 0 Å². The summed E-state index contributed by atoms with van der Waals surface area (Å²) in [5, 5.41) is 15.3. The smallest absolute Gasteiger partial charge is 0.170 e. The van der Waals surface area contributed by atoms with Gasteiger partial charge in [-0.3, -0.25) is 0 Å². The Hall–Kier alpha value is -1.55. The van der Waals surface area contributed by atoms with Crippen molar-refractivity contribution in [2.24, 2.45) is 22.7 Å². The summed E-state index contributed by atoms with van der Waals surface area (Å²) >= 11 is 0. The maximum Gasteiger partial charge on any atom is 0.170 e. The minimum atomic E-state index is 0.152. The maximum atomic E-state index is 8.63. The summed E-state index contributed by atoms with van der Waals surface area (Å²) in [4.78, 5) is 0. The predicted molar refractivity (Wildman–Crippen MR) is 81.8 cm³/mol. The fourth-order valence-corrected chi connectivity index (χ4v) is 3.23. The van der Waals surface area contributed by atoms with Gasteiger partial charge in [-0.05, 0) is 36.7 Å². The normalized spacial score (nSPS) is 27.5. The van der Waals surface area contributed by atoms with Crippen molar-refractivity contribution >= 4 is 5.84 Å². The Morgan fingerprint density at radius 3 is 2.35 bits per heavy atom. The molecule has 4 N–H and O–H groups in total. The van der Waals surface area contributed by atoms with Crippen LogP contribution in [0.1, 0.15) is 44.2 Å². The molecule has 2 atom stereocenters. The van der Waals surface area contributed by atoms with Crippen LogP contribution >= 0.6 is 0 Å². The Bertz CT molecular complexity index is 445. The summed E-state index contributed by atoms with van der Waals surface area (Å²) in [6.07, 6.45) is 3.89. The molecule has 0 aliphatic heterocycles.